The molecule has 0 spiro atoms. The Kier molecular flexibility index (Phi) is 12.7. The van der Waals surface area contributed by atoms with E-state index in [1.54, 1.807) is 0 Å². The van der Waals surface area contributed by atoms with Crippen LogP contribution in [0, 0.1) is 27.7 Å². The molecule has 6 nitrogen and oxygen atoms in total. The lowest BCUT2D eigenvalue weighted by Crippen LogP contribution is -2.07. The first-order valence-electron chi connectivity index (χ1n) is 31.2. The molecule has 0 radical (unpaired) electrons. The summed E-state index contributed by atoms with van der Waals surface area (Å²) in [5.41, 5.74) is 26.2. The summed E-state index contributed by atoms with van der Waals surface area (Å²) in [5, 5.41) is 7.08. The van der Waals surface area contributed by atoms with Crippen molar-refractivity contribution >= 4 is 65.4 Å². The maximum absolute atomic E-state index is 5.53. The third kappa shape index (κ3) is 8.89. The monoisotopic (exact) mass is 1160 g/mol. The molecule has 91 heavy (non-hydrogen) atoms. The first-order chi connectivity index (χ1) is 44.8. The largest absolute Gasteiger partial charge is 0.309 e. The van der Waals surface area contributed by atoms with Gasteiger partial charge < -0.3 is 13.7 Å². The van der Waals surface area contributed by atoms with Gasteiger partial charge in [0.15, 0.2) is 17.5 Å². The lowest BCUT2D eigenvalue weighted by molar-refractivity contribution is 1.07. The normalized spacial score (nSPS) is 11.7. The van der Waals surface area contributed by atoms with Crippen molar-refractivity contribution in [2.24, 2.45) is 0 Å². The molecule has 17 rings (SSSR count). The maximum Gasteiger partial charge on any atom is 0.164 e. The smallest absolute Gasteiger partial charge is 0.164 e. The number of aromatic nitrogens is 6. The second-order valence-electron chi connectivity index (χ2n) is 24.2. The third-order valence-electron chi connectivity index (χ3n) is 18.5. The second-order valence-corrected chi connectivity index (χ2v) is 24.2. The molecular formula is C85H60N6. The van der Waals surface area contributed by atoms with Gasteiger partial charge in [-0.1, -0.05) is 230 Å². The van der Waals surface area contributed by atoms with E-state index in [0.717, 1.165) is 99.9 Å². The quantitative estimate of drug-likeness (QED) is 0.137. The molecule has 6 heteroatoms. The van der Waals surface area contributed by atoms with Crippen molar-refractivity contribution in [3.63, 3.8) is 0 Å². The van der Waals surface area contributed by atoms with Crippen molar-refractivity contribution < 1.29 is 0 Å². The Bertz CT molecular complexity index is 5310. The highest BCUT2D eigenvalue weighted by molar-refractivity contribution is 6.15. The zero-order valence-corrected chi connectivity index (χ0v) is 50.9. The molecule has 4 aromatic heterocycles. The highest BCUT2D eigenvalue weighted by Gasteiger charge is 2.28. The van der Waals surface area contributed by atoms with E-state index in [2.05, 4.69) is 296 Å². The van der Waals surface area contributed by atoms with E-state index >= 15 is 0 Å². The van der Waals surface area contributed by atoms with Gasteiger partial charge in [0.05, 0.1) is 50.2 Å². The van der Waals surface area contributed by atoms with E-state index in [0.29, 0.717) is 17.5 Å². The number of aryl methyl sites for hydroxylation is 4. The van der Waals surface area contributed by atoms with Crippen molar-refractivity contribution in [1.29, 1.82) is 0 Å². The second kappa shape index (κ2) is 21.5. The van der Waals surface area contributed by atoms with Crippen LogP contribution in [0.15, 0.2) is 291 Å². The molecule has 0 bridgehead atoms. The van der Waals surface area contributed by atoms with Crippen LogP contribution in [-0.4, -0.2) is 28.7 Å². The summed E-state index contributed by atoms with van der Waals surface area (Å²) in [5.74, 6) is 1.74. The van der Waals surface area contributed by atoms with E-state index < -0.39 is 0 Å². The molecule has 0 N–H and O–H groups in total. The van der Waals surface area contributed by atoms with Crippen LogP contribution in [0.2, 0.25) is 0 Å². The lowest BCUT2D eigenvalue weighted by atomic mass is 9.90. The minimum absolute atomic E-state index is 0.559. The molecule has 0 fully saturated rings. The molecule has 0 atom stereocenters. The number of para-hydroxylation sites is 6. The number of fused-ring (bicyclic) bond motifs is 9. The average molecular weight is 1170 g/mol. The number of hydrogen-bond donors (Lipinski definition) is 0. The van der Waals surface area contributed by atoms with Gasteiger partial charge in [0.2, 0.25) is 0 Å². The minimum atomic E-state index is 0.559. The van der Waals surface area contributed by atoms with Crippen LogP contribution in [0.4, 0.5) is 0 Å². The standard InChI is InChI=1S/C85H60N6/c1-53-39-43-62(55(3)47-53)59-41-45-80-70(49-59)71-50-60(63-44-40-54(2)48-56(63)4)42-46-81(71)91(80)82-72(68-31-15-21-37-78(68)89-74-33-17-11-27-64(74)65-28-12-18-34-75(65)89)51-61(85-87-83(57-23-7-5-8-24-57)86-84(88-85)58-25-9-6-10-26-58)52-73(82)69-32-16-22-38-79(69)90-76-35-19-13-29-66(76)67-30-14-20-36-77(67)90/h5-52H,1-4H3. The molecule has 4 heterocycles. The summed E-state index contributed by atoms with van der Waals surface area (Å²) in [6.45, 7) is 8.81. The van der Waals surface area contributed by atoms with E-state index in [4.69, 9.17) is 15.0 Å². The topological polar surface area (TPSA) is 53.5 Å². The summed E-state index contributed by atoms with van der Waals surface area (Å²) in [6.07, 6.45) is 0. The molecule has 0 aliphatic heterocycles. The summed E-state index contributed by atoms with van der Waals surface area (Å²) < 4.78 is 7.49. The van der Waals surface area contributed by atoms with Crippen LogP contribution < -0.4 is 0 Å². The van der Waals surface area contributed by atoms with E-state index in [1.165, 1.54) is 66.1 Å². The van der Waals surface area contributed by atoms with Gasteiger partial charge in [-0.25, -0.2) is 15.0 Å². The Labute approximate surface area is 527 Å². The molecule has 0 aliphatic rings. The average Bonchev–Trinajstić information content (AvgIpc) is 1.64. The summed E-state index contributed by atoms with van der Waals surface area (Å²) in [6, 6.07) is 106. The molecule has 0 amide bonds. The van der Waals surface area contributed by atoms with Gasteiger partial charge in [-0.3, -0.25) is 0 Å². The van der Waals surface area contributed by atoms with E-state index in [9.17, 15) is 0 Å². The SMILES string of the molecule is Cc1ccc(-c2ccc3c(c2)c2cc(-c4ccc(C)cc4C)ccc2n3-c2c(-c3ccccc3-n3c4ccccc4c4ccccc43)cc(-c3nc(-c4ccccc4)nc(-c4ccccc4)n3)cc2-c2ccccc2-n2c3ccccc3c3ccccc32)c(C)c1. The summed E-state index contributed by atoms with van der Waals surface area (Å²) in [7, 11) is 0. The van der Waals surface area contributed by atoms with Crippen molar-refractivity contribution in [2.75, 3.05) is 0 Å². The highest BCUT2D eigenvalue weighted by atomic mass is 15.0. The number of nitrogens with zero attached hydrogens (tertiary/aromatic N) is 6. The molecule has 430 valence electrons. The van der Waals surface area contributed by atoms with Crippen molar-refractivity contribution in [2.45, 2.75) is 27.7 Å². The van der Waals surface area contributed by atoms with Crippen molar-refractivity contribution in [1.82, 2.24) is 28.7 Å². The molecular weight excluding hydrogens is 1100 g/mol. The molecule has 0 unspecified atom stereocenters. The molecule has 17 aromatic rings. The first-order valence-corrected chi connectivity index (χ1v) is 31.2. The Hall–Kier alpha value is -11.7. The fraction of sp³-hybridized carbons (Fsp3) is 0.0471. The summed E-state index contributed by atoms with van der Waals surface area (Å²) >= 11 is 0. The van der Waals surface area contributed by atoms with Crippen LogP contribution in [0.5, 0.6) is 0 Å². The number of rotatable bonds is 10. The van der Waals surface area contributed by atoms with Crippen LogP contribution in [0.3, 0.4) is 0 Å². The predicted octanol–water partition coefficient (Wildman–Crippen LogP) is 22.1. The Morgan fingerprint density at radius 2 is 0.560 bits per heavy atom. The fourth-order valence-corrected chi connectivity index (χ4v) is 14.4. The van der Waals surface area contributed by atoms with Gasteiger partial charge in [-0.15, -0.1) is 0 Å². The van der Waals surface area contributed by atoms with Gasteiger partial charge in [-0.2, -0.15) is 0 Å². The third-order valence-corrected chi connectivity index (χ3v) is 18.5. The van der Waals surface area contributed by atoms with Gasteiger partial charge in [0.1, 0.15) is 0 Å². The lowest BCUT2D eigenvalue weighted by Gasteiger charge is -2.24. The maximum atomic E-state index is 5.53. The van der Waals surface area contributed by atoms with E-state index in [1.807, 2.05) is 36.4 Å². The van der Waals surface area contributed by atoms with Crippen LogP contribution in [0.1, 0.15) is 22.3 Å². The Morgan fingerprint density at radius 1 is 0.220 bits per heavy atom. The minimum Gasteiger partial charge on any atom is -0.309 e. The predicted molar refractivity (Wildman–Crippen MR) is 380 cm³/mol. The van der Waals surface area contributed by atoms with Crippen LogP contribution >= 0.6 is 0 Å². The van der Waals surface area contributed by atoms with Gasteiger partial charge in [0, 0.05) is 71.3 Å². The Balaban J connectivity index is 1.07. The Morgan fingerprint density at radius 3 is 0.956 bits per heavy atom. The molecule has 0 saturated carbocycles. The van der Waals surface area contributed by atoms with Gasteiger partial charge in [0.25, 0.3) is 0 Å². The van der Waals surface area contributed by atoms with Gasteiger partial charge >= 0.3 is 0 Å². The zero-order valence-electron chi connectivity index (χ0n) is 50.9. The molecule has 0 aliphatic carbocycles. The van der Waals surface area contributed by atoms with Crippen LogP contribution in [-0.2, 0) is 0 Å². The number of benzene rings is 13. The summed E-state index contributed by atoms with van der Waals surface area (Å²) in [4.78, 5) is 16.3. The van der Waals surface area contributed by atoms with Crippen LogP contribution in [0.25, 0.3) is 161 Å². The highest BCUT2D eigenvalue weighted by Crippen LogP contribution is 2.49. The fourth-order valence-electron chi connectivity index (χ4n) is 14.4. The van der Waals surface area contributed by atoms with Crippen molar-refractivity contribution in [3.05, 3.63) is 313 Å². The van der Waals surface area contributed by atoms with E-state index in [-0.39, 0.29) is 0 Å². The molecule has 0 saturated heterocycles. The molecule has 13 aromatic carbocycles. The van der Waals surface area contributed by atoms with Gasteiger partial charge in [-0.05, 0) is 134 Å². The number of hydrogen-bond acceptors (Lipinski definition) is 3. The zero-order chi connectivity index (χ0) is 60.8. The van der Waals surface area contributed by atoms with Crippen molar-refractivity contribution in [3.8, 4) is 95.7 Å². The first kappa shape index (κ1) is 53.5.